The van der Waals surface area contributed by atoms with Gasteiger partial charge in [0, 0.05) is 12.5 Å². The SMILES string of the molecule is N#Cc1c(N)n[nH]c1C(O)C(O)CCNC(=O)OCC1c2ccccc2-c2ccccc21. The highest BCUT2D eigenvalue weighted by Gasteiger charge is 2.29. The van der Waals surface area contributed by atoms with Crippen molar-refractivity contribution in [3.8, 4) is 17.2 Å². The van der Waals surface area contributed by atoms with Gasteiger partial charge in [-0.25, -0.2) is 4.79 Å². The normalized spacial score (nSPS) is 14.2. The summed E-state index contributed by atoms with van der Waals surface area (Å²) in [6.07, 6.45) is -3.21. The number of benzene rings is 2. The van der Waals surface area contributed by atoms with Gasteiger partial charge in [-0.1, -0.05) is 48.5 Å². The first kappa shape index (κ1) is 21.4. The van der Waals surface area contributed by atoms with E-state index in [-0.39, 0.29) is 42.6 Å². The standard InChI is InChI=1S/C23H23N5O4/c24-11-17-20(27-28-22(17)25)21(30)19(29)9-10-26-23(31)32-12-18-15-7-3-1-5-13(15)14-6-2-4-8-16(14)18/h1-8,18-19,21,29-30H,9-10,12H2,(H,26,31)(H3,25,27,28). The average Bonchev–Trinajstić information content (AvgIpc) is 3.34. The van der Waals surface area contributed by atoms with Crippen LogP contribution in [0, 0.1) is 11.3 Å². The van der Waals surface area contributed by atoms with Crippen molar-refractivity contribution in [2.45, 2.75) is 24.5 Å². The number of nitriles is 1. The van der Waals surface area contributed by atoms with E-state index in [1.54, 1.807) is 0 Å². The molecular weight excluding hydrogens is 410 g/mol. The molecule has 1 aliphatic rings. The maximum Gasteiger partial charge on any atom is 0.407 e. The molecule has 9 heteroatoms. The second-order valence-electron chi connectivity index (χ2n) is 7.56. The molecule has 2 aromatic carbocycles. The van der Waals surface area contributed by atoms with E-state index >= 15 is 0 Å². The number of alkyl carbamates (subject to hydrolysis) is 1. The van der Waals surface area contributed by atoms with Crippen molar-refractivity contribution in [3.05, 3.63) is 70.9 Å². The van der Waals surface area contributed by atoms with Crippen LogP contribution in [0.2, 0.25) is 0 Å². The van der Waals surface area contributed by atoms with Gasteiger partial charge in [-0.05, 0) is 28.7 Å². The Morgan fingerprint density at radius 3 is 2.44 bits per heavy atom. The minimum Gasteiger partial charge on any atom is -0.449 e. The molecule has 0 radical (unpaired) electrons. The highest BCUT2D eigenvalue weighted by molar-refractivity contribution is 5.79. The summed E-state index contributed by atoms with van der Waals surface area (Å²) >= 11 is 0. The van der Waals surface area contributed by atoms with E-state index in [1.165, 1.54) is 0 Å². The third kappa shape index (κ3) is 4.01. The Morgan fingerprint density at radius 2 is 1.81 bits per heavy atom. The fourth-order valence-corrected chi connectivity index (χ4v) is 4.02. The molecule has 164 valence electrons. The number of nitrogens with zero attached hydrogens (tertiary/aromatic N) is 2. The molecule has 2 unspecified atom stereocenters. The fourth-order valence-electron chi connectivity index (χ4n) is 4.02. The number of nitrogens with one attached hydrogen (secondary N) is 2. The molecular formula is C23H23N5O4. The monoisotopic (exact) mass is 433 g/mol. The van der Waals surface area contributed by atoms with Crippen LogP contribution >= 0.6 is 0 Å². The summed E-state index contributed by atoms with van der Waals surface area (Å²) in [5.41, 5.74) is 10.1. The van der Waals surface area contributed by atoms with Gasteiger partial charge in [-0.2, -0.15) is 10.4 Å². The Labute approximate surface area is 184 Å². The maximum atomic E-state index is 12.2. The van der Waals surface area contributed by atoms with E-state index in [0.29, 0.717) is 0 Å². The van der Waals surface area contributed by atoms with Crippen LogP contribution in [0.15, 0.2) is 48.5 Å². The molecule has 0 saturated carbocycles. The lowest BCUT2D eigenvalue weighted by Crippen LogP contribution is -2.31. The third-order valence-corrected chi connectivity index (χ3v) is 5.65. The molecule has 4 rings (SSSR count). The van der Waals surface area contributed by atoms with Crippen LogP contribution in [0.1, 0.15) is 40.8 Å². The third-order valence-electron chi connectivity index (χ3n) is 5.65. The number of aromatic amines is 1. The molecule has 1 aliphatic carbocycles. The molecule has 0 fully saturated rings. The lowest BCUT2D eigenvalue weighted by Gasteiger charge is -2.18. The number of aliphatic hydroxyl groups is 2. The molecule has 32 heavy (non-hydrogen) atoms. The summed E-state index contributed by atoms with van der Waals surface area (Å²) in [7, 11) is 0. The van der Waals surface area contributed by atoms with Gasteiger partial charge in [0.25, 0.3) is 0 Å². The smallest absolute Gasteiger partial charge is 0.407 e. The van der Waals surface area contributed by atoms with Crippen molar-refractivity contribution >= 4 is 11.9 Å². The average molecular weight is 433 g/mol. The zero-order valence-corrected chi connectivity index (χ0v) is 17.2. The number of hydrogen-bond donors (Lipinski definition) is 5. The predicted octanol–water partition coefficient (Wildman–Crippen LogP) is 2.19. The minimum atomic E-state index is -1.39. The minimum absolute atomic E-state index is 0.0129. The Hall–Kier alpha value is -3.87. The van der Waals surface area contributed by atoms with Crippen LogP contribution in [0.5, 0.6) is 0 Å². The van der Waals surface area contributed by atoms with Crippen LogP contribution in [-0.4, -0.2) is 45.8 Å². The van der Waals surface area contributed by atoms with E-state index in [9.17, 15) is 15.0 Å². The summed E-state index contributed by atoms with van der Waals surface area (Å²) in [6, 6.07) is 17.9. The highest BCUT2D eigenvalue weighted by Crippen LogP contribution is 2.44. The summed E-state index contributed by atoms with van der Waals surface area (Å²) in [6.45, 7) is 0.254. The summed E-state index contributed by atoms with van der Waals surface area (Å²) < 4.78 is 5.44. The number of carbonyl (C=O) groups is 1. The number of ether oxygens (including phenoxy) is 1. The number of fused-ring (bicyclic) bond motifs is 3. The van der Waals surface area contributed by atoms with Gasteiger partial charge in [0.2, 0.25) is 0 Å². The van der Waals surface area contributed by atoms with Crippen molar-refractivity contribution in [3.63, 3.8) is 0 Å². The first-order valence-corrected chi connectivity index (χ1v) is 10.2. The quantitative estimate of drug-likeness (QED) is 0.382. The van der Waals surface area contributed by atoms with E-state index < -0.39 is 18.3 Å². The van der Waals surface area contributed by atoms with E-state index in [2.05, 4.69) is 27.6 Å². The number of rotatable bonds is 7. The van der Waals surface area contributed by atoms with Gasteiger partial charge in [0.15, 0.2) is 5.82 Å². The molecule has 0 saturated heterocycles. The maximum absolute atomic E-state index is 12.2. The van der Waals surface area contributed by atoms with Gasteiger partial charge in [-0.15, -0.1) is 0 Å². The Balaban J connectivity index is 1.29. The number of H-pyrrole nitrogens is 1. The van der Waals surface area contributed by atoms with E-state index in [0.717, 1.165) is 22.3 Å². The molecule has 0 aliphatic heterocycles. The molecule has 3 aromatic rings. The predicted molar refractivity (Wildman–Crippen MR) is 116 cm³/mol. The van der Waals surface area contributed by atoms with Crippen LogP contribution in [0.25, 0.3) is 11.1 Å². The zero-order valence-electron chi connectivity index (χ0n) is 17.2. The molecule has 9 nitrogen and oxygen atoms in total. The molecule has 1 aromatic heterocycles. The van der Waals surface area contributed by atoms with Gasteiger partial charge < -0.3 is 26.0 Å². The molecule has 1 heterocycles. The second-order valence-corrected chi connectivity index (χ2v) is 7.56. The van der Waals surface area contributed by atoms with Crippen LogP contribution in [-0.2, 0) is 4.74 Å². The highest BCUT2D eigenvalue weighted by atomic mass is 16.5. The molecule has 6 N–H and O–H groups in total. The number of aromatic nitrogens is 2. The van der Waals surface area contributed by atoms with Crippen molar-refractivity contribution in [2.75, 3.05) is 18.9 Å². The molecule has 0 bridgehead atoms. The molecule has 0 spiro atoms. The van der Waals surface area contributed by atoms with E-state index in [4.69, 9.17) is 15.7 Å². The number of amides is 1. The summed E-state index contributed by atoms with van der Waals surface area (Å²) in [4.78, 5) is 12.2. The Bertz CT molecular complexity index is 1120. The van der Waals surface area contributed by atoms with Crippen LogP contribution in [0.3, 0.4) is 0 Å². The van der Waals surface area contributed by atoms with Gasteiger partial charge in [0.1, 0.15) is 24.3 Å². The first-order chi connectivity index (χ1) is 15.5. The number of anilines is 1. The number of nitrogen functional groups attached to an aromatic ring is 1. The zero-order chi connectivity index (χ0) is 22.7. The molecule has 2 atom stereocenters. The largest absolute Gasteiger partial charge is 0.449 e. The lowest BCUT2D eigenvalue weighted by atomic mass is 9.98. The summed E-state index contributed by atoms with van der Waals surface area (Å²) in [5, 5.41) is 38.2. The van der Waals surface area contributed by atoms with E-state index in [1.807, 2.05) is 42.5 Å². The number of nitrogens with two attached hydrogens (primary N) is 1. The van der Waals surface area contributed by atoms with Crippen LogP contribution in [0.4, 0.5) is 10.6 Å². The van der Waals surface area contributed by atoms with Gasteiger partial charge >= 0.3 is 6.09 Å². The lowest BCUT2D eigenvalue weighted by molar-refractivity contribution is 0.0110. The topological polar surface area (TPSA) is 157 Å². The number of carbonyl (C=O) groups excluding carboxylic acids is 1. The van der Waals surface area contributed by atoms with Crippen molar-refractivity contribution in [1.29, 1.82) is 5.26 Å². The Morgan fingerprint density at radius 1 is 1.19 bits per heavy atom. The summed E-state index contributed by atoms with van der Waals surface area (Å²) in [5.74, 6) is -0.0960. The first-order valence-electron chi connectivity index (χ1n) is 10.2. The van der Waals surface area contributed by atoms with Gasteiger partial charge in [-0.3, -0.25) is 5.10 Å². The van der Waals surface area contributed by atoms with Crippen LogP contribution < -0.4 is 11.1 Å². The second kappa shape index (κ2) is 9.09. The van der Waals surface area contributed by atoms with Crippen molar-refractivity contribution in [2.24, 2.45) is 0 Å². The number of hydrogen-bond acceptors (Lipinski definition) is 7. The Kier molecular flexibility index (Phi) is 6.07. The number of aliphatic hydroxyl groups excluding tert-OH is 2. The fraction of sp³-hybridized carbons (Fsp3) is 0.261. The van der Waals surface area contributed by atoms with Crippen molar-refractivity contribution < 1.29 is 19.7 Å². The van der Waals surface area contributed by atoms with Crippen molar-refractivity contribution in [1.82, 2.24) is 15.5 Å². The molecule has 1 amide bonds. The van der Waals surface area contributed by atoms with Gasteiger partial charge in [0.05, 0.1) is 11.8 Å².